The molecule has 1 aromatic carbocycles. The average molecular weight is 359 g/mol. The minimum absolute atomic E-state index is 0.274. The van der Waals surface area contributed by atoms with Crippen LogP contribution in [0.15, 0.2) is 54.2 Å². The Morgan fingerprint density at radius 1 is 1.25 bits per heavy atom. The number of anilines is 1. The lowest BCUT2D eigenvalue weighted by Crippen LogP contribution is -2.30. The minimum Gasteiger partial charge on any atom is -0.337 e. The first-order chi connectivity index (χ1) is 11.7. The van der Waals surface area contributed by atoms with Gasteiger partial charge >= 0.3 is 6.03 Å². The molecule has 0 saturated heterocycles. The van der Waals surface area contributed by atoms with E-state index in [1.165, 1.54) is 11.3 Å². The van der Waals surface area contributed by atoms with Gasteiger partial charge in [0.05, 0.1) is 5.69 Å². The van der Waals surface area contributed by atoms with Gasteiger partial charge < -0.3 is 5.32 Å². The summed E-state index contributed by atoms with van der Waals surface area (Å²) in [5.41, 5.74) is 2.79. The topological polar surface area (TPSA) is 66.9 Å². The number of hydrogen-bond donors (Lipinski definition) is 2. The van der Waals surface area contributed by atoms with Gasteiger partial charge in [-0.1, -0.05) is 23.7 Å². The van der Waals surface area contributed by atoms with Crippen molar-refractivity contribution in [2.75, 3.05) is 11.9 Å². The highest BCUT2D eigenvalue weighted by Gasteiger charge is 2.07. The molecule has 2 heterocycles. The second kappa shape index (κ2) is 7.90. The predicted molar refractivity (Wildman–Crippen MR) is 97.5 cm³/mol. The number of pyridine rings is 1. The average Bonchev–Trinajstić information content (AvgIpc) is 3.04. The standard InChI is InChI=1S/C17H15ClN4OS/c18-14-5-1-3-12(9-14)6-8-20-16(23)22-17-21-15(11-24-17)13-4-2-7-19-10-13/h1-5,7,9-11H,6,8H2,(H2,20,21,22,23). The molecule has 7 heteroatoms. The summed E-state index contributed by atoms with van der Waals surface area (Å²) in [6.45, 7) is 0.521. The van der Waals surface area contributed by atoms with E-state index in [2.05, 4.69) is 20.6 Å². The van der Waals surface area contributed by atoms with Gasteiger partial charge in [-0.2, -0.15) is 0 Å². The zero-order valence-electron chi connectivity index (χ0n) is 12.7. The van der Waals surface area contributed by atoms with Gasteiger partial charge in [0.15, 0.2) is 5.13 Å². The number of nitrogens with zero attached hydrogens (tertiary/aromatic N) is 2. The molecule has 0 spiro atoms. The Morgan fingerprint density at radius 3 is 2.96 bits per heavy atom. The lowest BCUT2D eigenvalue weighted by molar-refractivity contribution is 0.252. The normalized spacial score (nSPS) is 10.4. The van der Waals surface area contributed by atoms with Crippen LogP contribution >= 0.6 is 22.9 Å². The first kappa shape index (κ1) is 16.4. The molecule has 0 radical (unpaired) electrons. The summed E-state index contributed by atoms with van der Waals surface area (Å²) in [6.07, 6.45) is 4.17. The van der Waals surface area contributed by atoms with E-state index < -0.39 is 0 Å². The molecular weight excluding hydrogens is 344 g/mol. The molecule has 122 valence electrons. The second-order valence-electron chi connectivity index (χ2n) is 5.04. The van der Waals surface area contributed by atoms with Gasteiger partial charge in [0.25, 0.3) is 0 Å². The van der Waals surface area contributed by atoms with E-state index >= 15 is 0 Å². The zero-order chi connectivity index (χ0) is 16.8. The second-order valence-corrected chi connectivity index (χ2v) is 6.33. The molecule has 2 aromatic heterocycles. The van der Waals surface area contributed by atoms with Crippen LogP contribution in [0.1, 0.15) is 5.56 Å². The van der Waals surface area contributed by atoms with Gasteiger partial charge in [0.2, 0.25) is 0 Å². The Hall–Kier alpha value is -2.44. The van der Waals surface area contributed by atoms with Crippen molar-refractivity contribution >= 4 is 34.1 Å². The van der Waals surface area contributed by atoms with E-state index in [1.54, 1.807) is 12.4 Å². The fourth-order valence-electron chi connectivity index (χ4n) is 2.13. The summed E-state index contributed by atoms with van der Waals surface area (Å²) in [4.78, 5) is 20.4. The van der Waals surface area contributed by atoms with Gasteiger partial charge in [0, 0.05) is 34.9 Å². The fraction of sp³-hybridized carbons (Fsp3) is 0.118. The summed E-state index contributed by atoms with van der Waals surface area (Å²) in [7, 11) is 0. The van der Waals surface area contributed by atoms with Crippen LogP contribution < -0.4 is 10.6 Å². The maximum absolute atomic E-state index is 11.9. The van der Waals surface area contributed by atoms with E-state index in [0.29, 0.717) is 23.1 Å². The maximum Gasteiger partial charge on any atom is 0.321 e. The molecule has 3 rings (SSSR count). The molecule has 0 fully saturated rings. The van der Waals surface area contributed by atoms with Crippen molar-refractivity contribution in [2.45, 2.75) is 6.42 Å². The highest BCUT2D eigenvalue weighted by atomic mass is 35.5. The highest BCUT2D eigenvalue weighted by Crippen LogP contribution is 2.23. The summed E-state index contributed by atoms with van der Waals surface area (Å²) >= 11 is 7.31. The van der Waals surface area contributed by atoms with Crippen LogP contribution in [0.3, 0.4) is 0 Å². The molecule has 0 bridgehead atoms. The number of aromatic nitrogens is 2. The summed E-state index contributed by atoms with van der Waals surface area (Å²) in [5.74, 6) is 0. The highest BCUT2D eigenvalue weighted by molar-refractivity contribution is 7.14. The van der Waals surface area contributed by atoms with Crippen LogP contribution in [-0.2, 0) is 6.42 Å². The zero-order valence-corrected chi connectivity index (χ0v) is 14.3. The van der Waals surface area contributed by atoms with Gasteiger partial charge in [-0.25, -0.2) is 9.78 Å². The molecule has 2 N–H and O–H groups in total. The van der Waals surface area contributed by atoms with E-state index in [1.807, 2.05) is 41.8 Å². The third-order valence-corrected chi connectivity index (χ3v) is 4.26. The molecular formula is C17H15ClN4OS. The Labute approximate surface area is 148 Å². The van der Waals surface area contributed by atoms with E-state index in [9.17, 15) is 4.79 Å². The lowest BCUT2D eigenvalue weighted by Gasteiger charge is -2.05. The van der Waals surface area contributed by atoms with Crippen molar-refractivity contribution in [1.82, 2.24) is 15.3 Å². The molecule has 24 heavy (non-hydrogen) atoms. The molecule has 3 aromatic rings. The van der Waals surface area contributed by atoms with Crippen LogP contribution in [0.2, 0.25) is 5.02 Å². The molecule has 2 amide bonds. The SMILES string of the molecule is O=C(NCCc1cccc(Cl)c1)Nc1nc(-c2cccnc2)cs1. The predicted octanol–water partition coefficient (Wildman–Crippen LogP) is 4.22. The maximum atomic E-state index is 11.9. The van der Waals surface area contributed by atoms with Crippen LogP contribution in [0.4, 0.5) is 9.93 Å². The van der Waals surface area contributed by atoms with Crippen molar-refractivity contribution in [3.8, 4) is 11.3 Å². The van der Waals surface area contributed by atoms with Gasteiger partial charge in [-0.05, 0) is 36.2 Å². The van der Waals surface area contributed by atoms with Crippen molar-refractivity contribution < 1.29 is 4.79 Å². The summed E-state index contributed by atoms with van der Waals surface area (Å²) in [5, 5.41) is 8.68. The number of urea groups is 1. The molecule has 0 atom stereocenters. The quantitative estimate of drug-likeness (QED) is 0.717. The number of benzene rings is 1. The Kier molecular flexibility index (Phi) is 5.40. The minimum atomic E-state index is -0.274. The van der Waals surface area contributed by atoms with E-state index in [-0.39, 0.29) is 6.03 Å². The third kappa shape index (κ3) is 4.53. The summed E-state index contributed by atoms with van der Waals surface area (Å²) in [6, 6.07) is 11.1. The van der Waals surface area contributed by atoms with Crippen molar-refractivity contribution in [2.24, 2.45) is 0 Å². The number of amides is 2. The van der Waals surface area contributed by atoms with E-state index in [0.717, 1.165) is 16.8 Å². The van der Waals surface area contributed by atoms with Crippen LogP contribution in [0, 0.1) is 0 Å². The lowest BCUT2D eigenvalue weighted by atomic mass is 10.1. The number of carbonyl (C=O) groups is 1. The largest absolute Gasteiger partial charge is 0.337 e. The van der Waals surface area contributed by atoms with Gasteiger partial charge in [-0.3, -0.25) is 10.3 Å². The van der Waals surface area contributed by atoms with Crippen molar-refractivity contribution in [3.05, 3.63) is 64.8 Å². The smallest absolute Gasteiger partial charge is 0.321 e. The molecule has 0 aliphatic heterocycles. The van der Waals surface area contributed by atoms with E-state index in [4.69, 9.17) is 11.6 Å². The molecule has 0 saturated carbocycles. The third-order valence-electron chi connectivity index (χ3n) is 3.27. The molecule has 0 aliphatic rings. The number of thiazole rings is 1. The number of carbonyl (C=O) groups excluding carboxylic acids is 1. The van der Waals surface area contributed by atoms with Crippen molar-refractivity contribution in [3.63, 3.8) is 0 Å². The molecule has 0 unspecified atom stereocenters. The monoisotopic (exact) mass is 358 g/mol. The Balaban J connectivity index is 1.49. The molecule has 5 nitrogen and oxygen atoms in total. The Bertz CT molecular complexity index is 822. The molecule has 0 aliphatic carbocycles. The Morgan fingerprint density at radius 2 is 2.17 bits per heavy atom. The number of rotatable bonds is 5. The first-order valence-electron chi connectivity index (χ1n) is 7.36. The van der Waals surface area contributed by atoms with Crippen molar-refractivity contribution in [1.29, 1.82) is 0 Å². The van der Waals surface area contributed by atoms with Gasteiger partial charge in [-0.15, -0.1) is 11.3 Å². The first-order valence-corrected chi connectivity index (χ1v) is 8.62. The number of nitrogens with one attached hydrogen (secondary N) is 2. The number of hydrogen-bond acceptors (Lipinski definition) is 4. The van der Waals surface area contributed by atoms with Crippen LogP contribution in [-0.4, -0.2) is 22.5 Å². The van der Waals surface area contributed by atoms with Gasteiger partial charge in [0.1, 0.15) is 0 Å². The van der Waals surface area contributed by atoms with Crippen LogP contribution in [0.5, 0.6) is 0 Å². The number of halogens is 1. The summed E-state index contributed by atoms with van der Waals surface area (Å²) < 4.78 is 0. The van der Waals surface area contributed by atoms with Crippen LogP contribution in [0.25, 0.3) is 11.3 Å². The fourth-order valence-corrected chi connectivity index (χ4v) is 3.06.